The molecule has 6 heteroatoms. The number of imide groups is 1. The van der Waals surface area contributed by atoms with Gasteiger partial charge in [-0.3, -0.25) is 9.69 Å². The summed E-state index contributed by atoms with van der Waals surface area (Å²) in [5.74, 6) is -0.145. The number of hydrogen-bond acceptors (Lipinski definition) is 3. The third-order valence-electron chi connectivity index (χ3n) is 5.16. The summed E-state index contributed by atoms with van der Waals surface area (Å²) >= 11 is 6.47. The lowest BCUT2D eigenvalue weighted by Gasteiger charge is -2.20. The topological polar surface area (TPSA) is 62.3 Å². The molecule has 124 valence electrons. The summed E-state index contributed by atoms with van der Waals surface area (Å²) in [7, 11) is 0. The minimum atomic E-state index is -0.699. The van der Waals surface area contributed by atoms with Crippen LogP contribution in [-0.4, -0.2) is 27.4 Å². The van der Waals surface area contributed by atoms with E-state index in [1.165, 1.54) is 4.90 Å². The number of halogens is 1. The maximum atomic E-state index is 12.8. The predicted octanol–water partition coefficient (Wildman–Crippen LogP) is 3.56. The van der Waals surface area contributed by atoms with Crippen LogP contribution in [0.2, 0.25) is 5.02 Å². The molecule has 2 heterocycles. The Morgan fingerprint density at radius 2 is 1.96 bits per heavy atom. The Balaban J connectivity index is 1.71. The summed E-state index contributed by atoms with van der Waals surface area (Å²) < 4.78 is 0. The number of para-hydroxylation sites is 1. The number of hydrogen-bond donors (Lipinski definition) is 1. The quantitative estimate of drug-likeness (QED) is 0.848. The molecular weight excluding hydrogens is 326 g/mol. The summed E-state index contributed by atoms with van der Waals surface area (Å²) in [5.41, 5.74) is 1.60. The molecule has 4 rings (SSSR count). The maximum Gasteiger partial charge on any atom is 0.325 e. The van der Waals surface area contributed by atoms with E-state index in [0.717, 1.165) is 29.3 Å². The molecular formula is C18H18ClN3O2. The number of carbonyl (C=O) groups excluding carboxylic acids is 2. The lowest BCUT2D eigenvalue weighted by molar-refractivity contribution is -0.131. The fourth-order valence-corrected chi connectivity index (χ4v) is 4.01. The van der Waals surface area contributed by atoms with Crippen molar-refractivity contribution in [2.24, 2.45) is 0 Å². The number of aromatic nitrogens is 1. The molecule has 2 aromatic rings. The third kappa shape index (κ3) is 2.18. The lowest BCUT2D eigenvalue weighted by Crippen LogP contribution is -2.44. The number of aryl methyl sites for hydroxylation is 1. The molecule has 1 aromatic heterocycles. The van der Waals surface area contributed by atoms with Crippen molar-refractivity contribution in [1.29, 1.82) is 0 Å². The Kier molecular flexibility index (Phi) is 3.49. The van der Waals surface area contributed by atoms with Gasteiger partial charge in [0, 0.05) is 5.39 Å². The van der Waals surface area contributed by atoms with Crippen molar-refractivity contribution in [3.8, 4) is 0 Å². The first kappa shape index (κ1) is 15.4. The van der Waals surface area contributed by atoms with Gasteiger partial charge in [-0.1, -0.05) is 42.6 Å². The molecule has 1 aliphatic heterocycles. The number of nitrogens with zero attached hydrogens (tertiary/aromatic N) is 2. The minimum absolute atomic E-state index is 0.108. The summed E-state index contributed by atoms with van der Waals surface area (Å²) in [6, 6.07) is 7.38. The summed E-state index contributed by atoms with van der Waals surface area (Å²) in [6.07, 6.45) is 3.36. The number of fused-ring (bicyclic) bond motifs is 1. The molecule has 24 heavy (non-hydrogen) atoms. The van der Waals surface area contributed by atoms with Gasteiger partial charge in [0.05, 0.1) is 22.8 Å². The third-order valence-corrected chi connectivity index (χ3v) is 5.66. The molecule has 5 nitrogen and oxygen atoms in total. The fourth-order valence-electron chi connectivity index (χ4n) is 3.81. The van der Waals surface area contributed by atoms with Gasteiger partial charge in [0.2, 0.25) is 0 Å². The Bertz CT molecular complexity index is 859. The Morgan fingerprint density at radius 3 is 2.71 bits per heavy atom. The lowest BCUT2D eigenvalue weighted by atomic mass is 9.98. The number of benzene rings is 1. The van der Waals surface area contributed by atoms with E-state index in [2.05, 4.69) is 10.3 Å². The average Bonchev–Trinajstić information content (AvgIpc) is 3.13. The Hall–Kier alpha value is -2.14. The first-order valence-electron chi connectivity index (χ1n) is 8.20. The maximum absolute atomic E-state index is 12.8. The largest absolute Gasteiger partial charge is 0.325 e. The van der Waals surface area contributed by atoms with Crippen LogP contribution in [0.4, 0.5) is 4.79 Å². The van der Waals surface area contributed by atoms with Crippen molar-refractivity contribution in [3.63, 3.8) is 0 Å². The highest BCUT2D eigenvalue weighted by Crippen LogP contribution is 2.36. The molecule has 1 spiro atoms. The number of rotatable bonds is 2. The van der Waals surface area contributed by atoms with E-state index in [9.17, 15) is 9.59 Å². The van der Waals surface area contributed by atoms with Crippen LogP contribution in [-0.2, 0) is 11.3 Å². The van der Waals surface area contributed by atoms with Crippen molar-refractivity contribution in [2.75, 3.05) is 0 Å². The number of urea groups is 1. The average molecular weight is 344 g/mol. The van der Waals surface area contributed by atoms with E-state index in [0.29, 0.717) is 23.6 Å². The fraction of sp³-hybridized carbons (Fsp3) is 0.389. The molecule has 3 amide bonds. The Morgan fingerprint density at radius 1 is 1.25 bits per heavy atom. The van der Waals surface area contributed by atoms with E-state index >= 15 is 0 Å². The molecule has 2 aliphatic rings. The van der Waals surface area contributed by atoms with Crippen LogP contribution in [0.1, 0.15) is 36.9 Å². The Labute approximate surface area is 145 Å². The highest BCUT2D eigenvalue weighted by atomic mass is 35.5. The van der Waals surface area contributed by atoms with Crippen molar-refractivity contribution in [2.45, 2.75) is 44.7 Å². The monoisotopic (exact) mass is 343 g/mol. The molecule has 1 saturated heterocycles. The molecule has 1 saturated carbocycles. The summed E-state index contributed by atoms with van der Waals surface area (Å²) in [6.45, 7) is 2.04. The van der Waals surface area contributed by atoms with E-state index in [4.69, 9.17) is 11.6 Å². The summed E-state index contributed by atoms with van der Waals surface area (Å²) in [4.78, 5) is 30.9. The van der Waals surface area contributed by atoms with Gasteiger partial charge in [0.25, 0.3) is 5.91 Å². The van der Waals surface area contributed by atoms with Crippen molar-refractivity contribution in [1.82, 2.24) is 15.2 Å². The van der Waals surface area contributed by atoms with Crippen LogP contribution in [0.3, 0.4) is 0 Å². The van der Waals surface area contributed by atoms with Gasteiger partial charge in [-0.15, -0.1) is 0 Å². The van der Waals surface area contributed by atoms with Crippen LogP contribution in [0.5, 0.6) is 0 Å². The molecule has 0 radical (unpaired) electrons. The second-order valence-corrected chi connectivity index (χ2v) is 7.00. The zero-order chi connectivity index (χ0) is 16.9. The molecule has 2 fully saturated rings. The van der Waals surface area contributed by atoms with E-state index in [1.54, 1.807) is 0 Å². The first-order valence-corrected chi connectivity index (χ1v) is 8.57. The standard InChI is InChI=1S/C18H18ClN3O2/c1-11-12-6-2-3-7-13(12)20-14(15(11)19)10-22-16(23)18(21-17(22)24)8-4-5-9-18/h2-3,6-7H,4-5,8-10H2,1H3,(H,21,24). The van der Waals surface area contributed by atoms with Gasteiger partial charge in [-0.2, -0.15) is 0 Å². The van der Waals surface area contributed by atoms with E-state index in [1.807, 2.05) is 31.2 Å². The SMILES string of the molecule is Cc1c(Cl)c(CN2C(=O)NC3(CCCC3)C2=O)nc2ccccc12. The van der Waals surface area contributed by atoms with Crippen LogP contribution in [0.25, 0.3) is 10.9 Å². The van der Waals surface area contributed by atoms with Gasteiger partial charge in [0.15, 0.2) is 0 Å². The van der Waals surface area contributed by atoms with Gasteiger partial charge in [0.1, 0.15) is 5.54 Å². The molecule has 1 aliphatic carbocycles. The van der Waals surface area contributed by atoms with Crippen LogP contribution < -0.4 is 5.32 Å². The number of carbonyl (C=O) groups is 2. The molecule has 0 bridgehead atoms. The molecule has 0 atom stereocenters. The van der Waals surface area contributed by atoms with Gasteiger partial charge in [-0.05, 0) is 31.4 Å². The van der Waals surface area contributed by atoms with Crippen molar-refractivity contribution in [3.05, 3.63) is 40.5 Å². The van der Waals surface area contributed by atoms with E-state index in [-0.39, 0.29) is 18.5 Å². The molecule has 1 aromatic carbocycles. The van der Waals surface area contributed by atoms with Crippen molar-refractivity contribution >= 4 is 34.4 Å². The second kappa shape index (κ2) is 5.45. The minimum Gasteiger partial charge on any atom is -0.323 e. The highest BCUT2D eigenvalue weighted by molar-refractivity contribution is 6.32. The smallest absolute Gasteiger partial charge is 0.323 e. The normalized spacial score (nSPS) is 19.5. The van der Waals surface area contributed by atoms with E-state index < -0.39 is 5.54 Å². The molecule has 0 unspecified atom stereocenters. The highest BCUT2D eigenvalue weighted by Gasteiger charge is 2.52. The van der Waals surface area contributed by atoms with Crippen LogP contribution >= 0.6 is 11.6 Å². The number of nitrogens with one attached hydrogen (secondary N) is 1. The van der Waals surface area contributed by atoms with Gasteiger partial charge in [-0.25, -0.2) is 9.78 Å². The zero-order valence-corrected chi connectivity index (χ0v) is 14.2. The van der Waals surface area contributed by atoms with Crippen LogP contribution in [0.15, 0.2) is 24.3 Å². The number of amides is 3. The molecule has 1 N–H and O–H groups in total. The zero-order valence-electron chi connectivity index (χ0n) is 13.4. The van der Waals surface area contributed by atoms with Crippen LogP contribution in [0, 0.1) is 6.92 Å². The van der Waals surface area contributed by atoms with Gasteiger partial charge >= 0.3 is 6.03 Å². The van der Waals surface area contributed by atoms with Gasteiger partial charge < -0.3 is 5.32 Å². The summed E-state index contributed by atoms with van der Waals surface area (Å²) in [5, 5.41) is 4.38. The second-order valence-electron chi connectivity index (χ2n) is 6.63. The number of pyridine rings is 1. The first-order chi connectivity index (χ1) is 11.5. The van der Waals surface area contributed by atoms with Crippen molar-refractivity contribution < 1.29 is 9.59 Å². The predicted molar refractivity (Wildman–Crippen MR) is 91.8 cm³/mol.